The molecular weight excluding hydrogens is 224 g/mol. The first-order valence-electron chi connectivity index (χ1n) is 7.17. The van der Waals surface area contributed by atoms with Crippen molar-refractivity contribution in [2.45, 2.75) is 59.3 Å². The van der Waals surface area contributed by atoms with Crippen molar-refractivity contribution >= 4 is 5.78 Å². The van der Waals surface area contributed by atoms with E-state index >= 15 is 0 Å². The Bertz CT molecular complexity index is 382. The SMILES string of the molecule is CCCCC(CC)CC(=O)c1cn(C)nc1CC. The average molecular weight is 250 g/mol. The number of aromatic nitrogens is 2. The molecule has 3 heteroatoms. The quantitative estimate of drug-likeness (QED) is 0.658. The van der Waals surface area contributed by atoms with Crippen molar-refractivity contribution < 1.29 is 4.79 Å². The lowest BCUT2D eigenvalue weighted by Crippen LogP contribution is -2.09. The highest BCUT2D eigenvalue weighted by atomic mass is 16.1. The minimum Gasteiger partial charge on any atom is -0.294 e. The van der Waals surface area contributed by atoms with E-state index in [2.05, 4.69) is 18.9 Å². The van der Waals surface area contributed by atoms with Crippen LogP contribution in [0.4, 0.5) is 0 Å². The molecule has 0 aromatic carbocycles. The van der Waals surface area contributed by atoms with Gasteiger partial charge in [-0.05, 0) is 12.3 Å². The number of Topliss-reactive ketones (excluding diaryl/α,β-unsaturated/α-hetero) is 1. The molecule has 1 rings (SSSR count). The summed E-state index contributed by atoms with van der Waals surface area (Å²) in [6, 6.07) is 0. The number of unbranched alkanes of at least 4 members (excludes halogenated alkanes) is 1. The Kier molecular flexibility index (Phi) is 6.10. The zero-order valence-corrected chi connectivity index (χ0v) is 12.2. The van der Waals surface area contributed by atoms with Crippen molar-refractivity contribution in [2.24, 2.45) is 13.0 Å². The number of rotatable bonds is 8. The number of carbonyl (C=O) groups is 1. The van der Waals surface area contributed by atoms with Crippen molar-refractivity contribution in [1.29, 1.82) is 0 Å². The molecule has 1 atom stereocenters. The highest BCUT2D eigenvalue weighted by Crippen LogP contribution is 2.20. The molecule has 1 aromatic rings. The Hall–Kier alpha value is -1.12. The molecule has 0 aliphatic rings. The van der Waals surface area contributed by atoms with Crippen LogP contribution in [0.1, 0.15) is 68.9 Å². The zero-order valence-electron chi connectivity index (χ0n) is 12.2. The van der Waals surface area contributed by atoms with E-state index in [1.165, 1.54) is 19.3 Å². The average Bonchev–Trinajstić information content (AvgIpc) is 2.75. The van der Waals surface area contributed by atoms with E-state index in [4.69, 9.17) is 0 Å². The third-order valence-corrected chi connectivity index (χ3v) is 3.56. The topological polar surface area (TPSA) is 34.9 Å². The molecule has 3 nitrogen and oxygen atoms in total. The monoisotopic (exact) mass is 250 g/mol. The molecule has 102 valence electrons. The van der Waals surface area contributed by atoms with Crippen LogP contribution in [0.5, 0.6) is 0 Å². The summed E-state index contributed by atoms with van der Waals surface area (Å²) in [7, 11) is 1.88. The number of hydrogen-bond donors (Lipinski definition) is 0. The fourth-order valence-corrected chi connectivity index (χ4v) is 2.34. The van der Waals surface area contributed by atoms with Crippen LogP contribution in [0.15, 0.2) is 6.20 Å². The van der Waals surface area contributed by atoms with Crippen molar-refractivity contribution in [1.82, 2.24) is 9.78 Å². The van der Waals surface area contributed by atoms with Gasteiger partial charge in [0, 0.05) is 19.7 Å². The summed E-state index contributed by atoms with van der Waals surface area (Å²) in [6.45, 7) is 6.43. The van der Waals surface area contributed by atoms with E-state index < -0.39 is 0 Å². The molecule has 18 heavy (non-hydrogen) atoms. The normalized spacial score (nSPS) is 12.7. The number of ketones is 1. The summed E-state index contributed by atoms with van der Waals surface area (Å²) >= 11 is 0. The minimum absolute atomic E-state index is 0.267. The standard InChI is InChI=1S/C15H26N2O/c1-5-8-9-12(6-2)10-15(18)13-11-17(4)16-14(13)7-3/h11-12H,5-10H2,1-4H3. The summed E-state index contributed by atoms with van der Waals surface area (Å²) < 4.78 is 1.75. The largest absolute Gasteiger partial charge is 0.294 e. The van der Waals surface area contributed by atoms with Crippen molar-refractivity contribution in [2.75, 3.05) is 0 Å². The Balaban J connectivity index is 2.68. The number of carbonyl (C=O) groups excluding carboxylic acids is 1. The second-order valence-corrected chi connectivity index (χ2v) is 5.06. The van der Waals surface area contributed by atoms with Crippen LogP contribution in [-0.4, -0.2) is 15.6 Å². The second kappa shape index (κ2) is 7.34. The summed E-state index contributed by atoms with van der Waals surface area (Å²) in [5.41, 5.74) is 1.77. The Labute approximate surface area is 111 Å². The Morgan fingerprint density at radius 2 is 2.11 bits per heavy atom. The Morgan fingerprint density at radius 1 is 1.39 bits per heavy atom. The van der Waals surface area contributed by atoms with Crippen LogP contribution in [0, 0.1) is 5.92 Å². The third-order valence-electron chi connectivity index (χ3n) is 3.56. The zero-order chi connectivity index (χ0) is 13.5. The molecule has 0 aliphatic heterocycles. The fourth-order valence-electron chi connectivity index (χ4n) is 2.34. The molecule has 0 N–H and O–H groups in total. The van der Waals surface area contributed by atoms with Crippen LogP contribution in [0.25, 0.3) is 0 Å². The first kappa shape index (κ1) is 14.9. The van der Waals surface area contributed by atoms with Crippen LogP contribution in [0.2, 0.25) is 0 Å². The van der Waals surface area contributed by atoms with E-state index in [-0.39, 0.29) is 5.78 Å². The smallest absolute Gasteiger partial charge is 0.166 e. The molecule has 1 heterocycles. The van der Waals surface area contributed by atoms with Crippen LogP contribution < -0.4 is 0 Å². The Morgan fingerprint density at radius 3 is 2.67 bits per heavy atom. The highest BCUT2D eigenvalue weighted by Gasteiger charge is 2.18. The lowest BCUT2D eigenvalue weighted by Gasteiger charge is -2.13. The van der Waals surface area contributed by atoms with Gasteiger partial charge in [0.05, 0.1) is 11.3 Å². The first-order chi connectivity index (χ1) is 8.62. The van der Waals surface area contributed by atoms with Crippen molar-refractivity contribution in [3.05, 3.63) is 17.5 Å². The lowest BCUT2D eigenvalue weighted by atomic mass is 9.91. The number of aryl methyl sites for hydroxylation is 2. The molecule has 0 radical (unpaired) electrons. The molecule has 0 amide bonds. The molecule has 0 aliphatic carbocycles. The molecule has 0 fully saturated rings. The summed E-state index contributed by atoms with van der Waals surface area (Å²) in [4.78, 5) is 12.3. The van der Waals surface area contributed by atoms with Crippen molar-refractivity contribution in [3.8, 4) is 0 Å². The van der Waals surface area contributed by atoms with Gasteiger partial charge in [-0.3, -0.25) is 9.48 Å². The second-order valence-electron chi connectivity index (χ2n) is 5.06. The molecule has 0 bridgehead atoms. The molecule has 0 saturated heterocycles. The predicted molar refractivity (Wildman–Crippen MR) is 74.8 cm³/mol. The van der Waals surface area contributed by atoms with Gasteiger partial charge in [-0.2, -0.15) is 5.10 Å². The first-order valence-corrected chi connectivity index (χ1v) is 7.17. The lowest BCUT2D eigenvalue weighted by molar-refractivity contribution is 0.0956. The summed E-state index contributed by atoms with van der Waals surface area (Å²) in [5, 5.41) is 4.34. The molecule has 1 aromatic heterocycles. The predicted octanol–water partition coefficient (Wildman–Crippen LogP) is 3.77. The molecule has 0 saturated carbocycles. The maximum absolute atomic E-state index is 12.3. The maximum Gasteiger partial charge on any atom is 0.166 e. The van der Waals surface area contributed by atoms with E-state index in [0.717, 1.165) is 24.1 Å². The summed E-state index contributed by atoms with van der Waals surface area (Å²) in [5.74, 6) is 0.797. The van der Waals surface area contributed by atoms with E-state index in [1.54, 1.807) is 4.68 Å². The minimum atomic E-state index is 0.267. The van der Waals surface area contributed by atoms with Crippen LogP contribution in [0.3, 0.4) is 0 Å². The van der Waals surface area contributed by atoms with E-state index in [9.17, 15) is 4.79 Å². The van der Waals surface area contributed by atoms with Crippen LogP contribution >= 0.6 is 0 Å². The van der Waals surface area contributed by atoms with E-state index in [1.807, 2.05) is 20.2 Å². The van der Waals surface area contributed by atoms with Gasteiger partial charge in [-0.25, -0.2) is 0 Å². The van der Waals surface area contributed by atoms with Crippen LogP contribution in [-0.2, 0) is 13.5 Å². The van der Waals surface area contributed by atoms with Crippen molar-refractivity contribution in [3.63, 3.8) is 0 Å². The van der Waals surface area contributed by atoms with Gasteiger partial charge in [0.2, 0.25) is 0 Å². The van der Waals surface area contributed by atoms with Gasteiger partial charge < -0.3 is 0 Å². The van der Waals surface area contributed by atoms with E-state index in [0.29, 0.717) is 12.3 Å². The van der Waals surface area contributed by atoms with Gasteiger partial charge in [-0.1, -0.05) is 46.5 Å². The number of nitrogens with zero attached hydrogens (tertiary/aromatic N) is 2. The van der Waals surface area contributed by atoms with Gasteiger partial charge >= 0.3 is 0 Å². The van der Waals surface area contributed by atoms with Gasteiger partial charge in [0.15, 0.2) is 5.78 Å². The molecule has 1 unspecified atom stereocenters. The molecule has 0 spiro atoms. The number of hydrogen-bond acceptors (Lipinski definition) is 2. The highest BCUT2D eigenvalue weighted by molar-refractivity contribution is 5.97. The third kappa shape index (κ3) is 3.97. The van der Waals surface area contributed by atoms with Gasteiger partial charge in [0.1, 0.15) is 0 Å². The van der Waals surface area contributed by atoms with Gasteiger partial charge in [-0.15, -0.1) is 0 Å². The maximum atomic E-state index is 12.3. The summed E-state index contributed by atoms with van der Waals surface area (Å²) in [6.07, 6.45) is 8.06. The van der Waals surface area contributed by atoms with Gasteiger partial charge in [0.25, 0.3) is 0 Å². The molecular formula is C15H26N2O. The fraction of sp³-hybridized carbons (Fsp3) is 0.733.